The molecular weight excluding hydrogens is 370 g/mol. The number of nitrogens with one attached hydrogen (secondary N) is 2. The van der Waals surface area contributed by atoms with E-state index in [0.29, 0.717) is 11.6 Å². The molecule has 0 bridgehead atoms. The zero-order valence-corrected chi connectivity index (χ0v) is 15.1. The summed E-state index contributed by atoms with van der Waals surface area (Å²) >= 11 is 1.37. The van der Waals surface area contributed by atoms with Crippen molar-refractivity contribution in [3.8, 4) is 10.7 Å². The number of aromatic nitrogens is 3. The Bertz CT molecular complexity index is 971. The van der Waals surface area contributed by atoms with E-state index in [1.807, 2.05) is 29.6 Å². The molecule has 0 radical (unpaired) electrons. The van der Waals surface area contributed by atoms with Crippen molar-refractivity contribution in [3.63, 3.8) is 0 Å². The third kappa shape index (κ3) is 4.42. The highest BCUT2D eigenvalue weighted by molar-refractivity contribution is 7.21. The van der Waals surface area contributed by atoms with Crippen LogP contribution in [0.4, 0.5) is 4.79 Å². The third-order valence-electron chi connectivity index (χ3n) is 3.31. The summed E-state index contributed by atoms with van der Waals surface area (Å²) in [5.41, 5.74) is 0.999. The van der Waals surface area contributed by atoms with Crippen molar-refractivity contribution in [2.75, 3.05) is 13.2 Å². The van der Waals surface area contributed by atoms with Gasteiger partial charge in [0.25, 0.3) is 5.91 Å². The normalized spacial score (nSPS) is 10.4. The Labute approximate surface area is 157 Å². The van der Waals surface area contributed by atoms with Gasteiger partial charge in [-0.25, -0.2) is 24.5 Å². The lowest BCUT2D eigenvalue weighted by Crippen LogP contribution is -2.41. The second kappa shape index (κ2) is 8.32. The van der Waals surface area contributed by atoms with Crippen LogP contribution in [0.1, 0.15) is 17.4 Å². The number of imide groups is 1. The number of esters is 1. The minimum Gasteiger partial charge on any atom is -0.451 e. The van der Waals surface area contributed by atoms with Gasteiger partial charge in [-0.2, -0.15) is 0 Å². The van der Waals surface area contributed by atoms with Gasteiger partial charge in [0.1, 0.15) is 10.7 Å². The monoisotopic (exact) mass is 385 g/mol. The van der Waals surface area contributed by atoms with Gasteiger partial charge in [-0.3, -0.25) is 10.1 Å². The standard InChI is InChI=1S/C17H15N5O4S/c1-2-18-17(25)22-12(23)9-26-16(24)14-13(19-7-8-20-14)15-21-10-5-3-4-6-11(10)27-15/h3-8H,2,9H2,1H3,(H2,18,22,23,25). The molecule has 3 amide bonds. The Morgan fingerprint density at radius 2 is 1.93 bits per heavy atom. The number of hydrogen-bond donors (Lipinski definition) is 2. The predicted octanol–water partition coefficient (Wildman–Crippen LogP) is 1.76. The summed E-state index contributed by atoms with van der Waals surface area (Å²) < 4.78 is 5.89. The minimum absolute atomic E-state index is 0.0534. The number of amides is 3. The molecule has 0 aliphatic carbocycles. The first kappa shape index (κ1) is 18.4. The zero-order chi connectivity index (χ0) is 19.2. The summed E-state index contributed by atoms with van der Waals surface area (Å²) in [6, 6.07) is 6.87. The zero-order valence-electron chi connectivity index (χ0n) is 14.3. The van der Waals surface area contributed by atoms with E-state index in [2.05, 4.69) is 20.3 Å². The number of hydrogen-bond acceptors (Lipinski definition) is 8. The number of ether oxygens (including phenoxy) is 1. The number of para-hydroxylation sites is 1. The first-order chi connectivity index (χ1) is 13.1. The van der Waals surface area contributed by atoms with E-state index in [0.717, 1.165) is 10.2 Å². The van der Waals surface area contributed by atoms with Gasteiger partial charge in [0.05, 0.1) is 10.2 Å². The van der Waals surface area contributed by atoms with E-state index in [-0.39, 0.29) is 11.4 Å². The van der Waals surface area contributed by atoms with E-state index in [1.165, 1.54) is 23.7 Å². The minimum atomic E-state index is -0.830. The Morgan fingerprint density at radius 3 is 2.70 bits per heavy atom. The quantitative estimate of drug-likeness (QED) is 0.641. The van der Waals surface area contributed by atoms with Crippen LogP contribution >= 0.6 is 11.3 Å². The fraction of sp³-hybridized carbons (Fsp3) is 0.176. The van der Waals surface area contributed by atoms with Gasteiger partial charge in [0.2, 0.25) is 0 Å². The molecule has 3 rings (SSSR count). The van der Waals surface area contributed by atoms with Crippen molar-refractivity contribution < 1.29 is 19.1 Å². The first-order valence-corrected chi connectivity index (χ1v) is 8.82. The average molecular weight is 385 g/mol. The summed E-state index contributed by atoms with van der Waals surface area (Å²) in [6.07, 6.45) is 2.79. The summed E-state index contributed by atoms with van der Waals surface area (Å²) in [7, 11) is 0. The molecule has 0 atom stereocenters. The third-order valence-corrected chi connectivity index (χ3v) is 4.36. The van der Waals surface area contributed by atoms with E-state index in [9.17, 15) is 14.4 Å². The number of carbonyl (C=O) groups is 3. The lowest BCUT2D eigenvalue weighted by molar-refractivity contribution is -0.123. The van der Waals surface area contributed by atoms with Crippen molar-refractivity contribution in [1.29, 1.82) is 0 Å². The molecular formula is C17H15N5O4S. The molecule has 0 spiro atoms. The maximum atomic E-state index is 12.3. The van der Waals surface area contributed by atoms with Gasteiger partial charge in [0, 0.05) is 18.9 Å². The molecule has 9 nitrogen and oxygen atoms in total. The number of urea groups is 1. The molecule has 1 aromatic carbocycles. The number of rotatable bonds is 5. The fourth-order valence-corrected chi connectivity index (χ4v) is 3.15. The van der Waals surface area contributed by atoms with Crippen LogP contribution in [0, 0.1) is 0 Å². The lowest BCUT2D eigenvalue weighted by atomic mass is 10.3. The SMILES string of the molecule is CCNC(=O)NC(=O)COC(=O)c1nccnc1-c1nc2ccccc2s1. The largest absolute Gasteiger partial charge is 0.451 e. The highest BCUT2D eigenvalue weighted by Crippen LogP contribution is 2.30. The van der Waals surface area contributed by atoms with Crippen molar-refractivity contribution in [3.05, 3.63) is 42.4 Å². The van der Waals surface area contributed by atoms with Crippen LogP contribution in [0.25, 0.3) is 20.9 Å². The van der Waals surface area contributed by atoms with E-state index >= 15 is 0 Å². The van der Waals surface area contributed by atoms with Crippen LogP contribution in [0.3, 0.4) is 0 Å². The van der Waals surface area contributed by atoms with E-state index < -0.39 is 24.5 Å². The van der Waals surface area contributed by atoms with Crippen LogP contribution in [0.15, 0.2) is 36.7 Å². The molecule has 138 valence electrons. The van der Waals surface area contributed by atoms with Crippen LogP contribution in [-0.4, -0.2) is 46.0 Å². The van der Waals surface area contributed by atoms with Crippen LogP contribution in [0.5, 0.6) is 0 Å². The summed E-state index contributed by atoms with van der Waals surface area (Å²) in [5, 5.41) is 4.95. The number of thiazole rings is 1. The second-order valence-corrected chi connectivity index (χ2v) is 6.25. The Balaban J connectivity index is 1.74. The molecule has 2 aromatic heterocycles. The molecule has 10 heteroatoms. The summed E-state index contributed by atoms with van der Waals surface area (Å²) in [6.45, 7) is 1.46. The molecule has 2 heterocycles. The number of benzene rings is 1. The van der Waals surface area contributed by atoms with Gasteiger partial charge in [0.15, 0.2) is 12.3 Å². The maximum Gasteiger partial charge on any atom is 0.359 e. The van der Waals surface area contributed by atoms with E-state index in [1.54, 1.807) is 6.92 Å². The van der Waals surface area contributed by atoms with E-state index in [4.69, 9.17) is 4.74 Å². The van der Waals surface area contributed by atoms with Crippen LogP contribution in [-0.2, 0) is 9.53 Å². The molecule has 27 heavy (non-hydrogen) atoms. The molecule has 0 aliphatic heterocycles. The smallest absolute Gasteiger partial charge is 0.359 e. The number of fused-ring (bicyclic) bond motifs is 1. The maximum absolute atomic E-state index is 12.3. The molecule has 0 aliphatic rings. The topological polar surface area (TPSA) is 123 Å². The van der Waals surface area contributed by atoms with Gasteiger partial charge in [-0.05, 0) is 19.1 Å². The van der Waals surface area contributed by atoms with Gasteiger partial charge in [-0.1, -0.05) is 12.1 Å². The lowest BCUT2D eigenvalue weighted by Gasteiger charge is -2.07. The number of carbonyl (C=O) groups excluding carboxylic acids is 3. The van der Waals surface area contributed by atoms with Crippen LogP contribution in [0.2, 0.25) is 0 Å². The second-order valence-electron chi connectivity index (χ2n) is 5.22. The average Bonchev–Trinajstić information content (AvgIpc) is 3.10. The van der Waals surface area contributed by atoms with Gasteiger partial charge >= 0.3 is 12.0 Å². The molecule has 0 saturated carbocycles. The fourth-order valence-electron chi connectivity index (χ4n) is 2.18. The Kier molecular flexibility index (Phi) is 5.67. The predicted molar refractivity (Wildman–Crippen MR) is 98.1 cm³/mol. The Hall–Kier alpha value is -3.40. The number of nitrogens with zero attached hydrogens (tertiary/aromatic N) is 3. The van der Waals surface area contributed by atoms with Crippen molar-refractivity contribution >= 4 is 39.5 Å². The molecule has 0 unspecified atom stereocenters. The summed E-state index contributed by atoms with van der Waals surface area (Å²) in [5.74, 6) is -1.58. The van der Waals surface area contributed by atoms with Gasteiger partial charge in [-0.15, -0.1) is 11.3 Å². The van der Waals surface area contributed by atoms with Crippen molar-refractivity contribution in [2.45, 2.75) is 6.92 Å². The highest BCUT2D eigenvalue weighted by atomic mass is 32.1. The first-order valence-electron chi connectivity index (χ1n) is 8.00. The molecule has 3 aromatic rings. The molecule has 0 saturated heterocycles. The van der Waals surface area contributed by atoms with Crippen molar-refractivity contribution in [1.82, 2.24) is 25.6 Å². The van der Waals surface area contributed by atoms with Gasteiger partial charge < -0.3 is 10.1 Å². The van der Waals surface area contributed by atoms with Crippen molar-refractivity contribution in [2.24, 2.45) is 0 Å². The highest BCUT2D eigenvalue weighted by Gasteiger charge is 2.21. The molecule has 0 fully saturated rings. The Morgan fingerprint density at radius 1 is 1.15 bits per heavy atom. The summed E-state index contributed by atoms with van der Waals surface area (Å²) in [4.78, 5) is 47.9. The molecule has 2 N–H and O–H groups in total. The van der Waals surface area contributed by atoms with Crippen LogP contribution < -0.4 is 10.6 Å².